The van der Waals surface area contributed by atoms with E-state index in [1.165, 1.54) is 7.11 Å². The fraction of sp³-hybridized carbons (Fsp3) is 0.400. The minimum absolute atomic E-state index is 0.326. The van der Waals surface area contributed by atoms with Crippen LogP contribution in [0.3, 0.4) is 0 Å². The van der Waals surface area contributed by atoms with Crippen molar-refractivity contribution in [2.45, 2.75) is 18.4 Å². The normalized spacial score (nSPS) is 23.3. The molecule has 0 saturated carbocycles. The van der Waals surface area contributed by atoms with Crippen LogP contribution in [0.1, 0.15) is 17.2 Å². The summed E-state index contributed by atoms with van der Waals surface area (Å²) in [5, 5.41) is 0. The molecular weight excluding hydrogens is 188 g/mol. The highest BCUT2D eigenvalue weighted by Gasteiger charge is 2.46. The van der Waals surface area contributed by atoms with Gasteiger partial charge < -0.3 is 10.5 Å². The number of nitrogens with two attached hydrogens (primary N) is 1. The Morgan fingerprint density at radius 2 is 2.21 bits per heavy atom. The standard InChI is InChI=1S/C10H11F2NO/c1-14-8-4-2-3-6-7(8)5-10(11,12)9(6)13/h2-4,9H,5,13H2,1H3/t9-/m0/s1. The lowest BCUT2D eigenvalue weighted by molar-refractivity contribution is -0.0137. The van der Waals surface area contributed by atoms with E-state index in [4.69, 9.17) is 10.5 Å². The quantitative estimate of drug-likeness (QED) is 0.749. The Labute approximate surface area is 80.7 Å². The van der Waals surface area contributed by atoms with Gasteiger partial charge in [0.05, 0.1) is 13.2 Å². The minimum atomic E-state index is -2.85. The van der Waals surface area contributed by atoms with E-state index in [9.17, 15) is 8.78 Å². The summed E-state index contributed by atoms with van der Waals surface area (Å²) in [4.78, 5) is 0. The zero-order chi connectivity index (χ0) is 10.3. The van der Waals surface area contributed by atoms with Gasteiger partial charge in [-0.15, -0.1) is 0 Å². The molecule has 0 spiro atoms. The van der Waals surface area contributed by atoms with Crippen molar-refractivity contribution in [2.75, 3.05) is 7.11 Å². The maximum atomic E-state index is 13.3. The molecule has 1 aliphatic rings. The Morgan fingerprint density at radius 1 is 1.50 bits per heavy atom. The number of halogens is 2. The zero-order valence-electron chi connectivity index (χ0n) is 7.76. The second-order valence-electron chi connectivity index (χ2n) is 3.44. The number of fused-ring (bicyclic) bond motifs is 1. The van der Waals surface area contributed by atoms with Crippen LogP contribution >= 0.6 is 0 Å². The van der Waals surface area contributed by atoms with Crippen molar-refractivity contribution >= 4 is 0 Å². The summed E-state index contributed by atoms with van der Waals surface area (Å²) in [6, 6.07) is 3.78. The summed E-state index contributed by atoms with van der Waals surface area (Å²) in [5.74, 6) is -2.35. The van der Waals surface area contributed by atoms with Gasteiger partial charge in [-0.05, 0) is 11.6 Å². The summed E-state index contributed by atoms with van der Waals surface area (Å²) < 4.78 is 31.5. The van der Waals surface area contributed by atoms with E-state index in [0.29, 0.717) is 16.9 Å². The second kappa shape index (κ2) is 2.92. The van der Waals surface area contributed by atoms with Gasteiger partial charge in [-0.2, -0.15) is 0 Å². The van der Waals surface area contributed by atoms with Crippen molar-refractivity contribution in [2.24, 2.45) is 5.73 Å². The van der Waals surface area contributed by atoms with Crippen molar-refractivity contribution in [3.05, 3.63) is 29.3 Å². The van der Waals surface area contributed by atoms with E-state index in [1.807, 2.05) is 0 Å². The molecule has 0 saturated heterocycles. The van der Waals surface area contributed by atoms with Crippen LogP contribution in [0.25, 0.3) is 0 Å². The Morgan fingerprint density at radius 3 is 2.86 bits per heavy atom. The highest BCUT2D eigenvalue weighted by molar-refractivity contribution is 5.47. The average Bonchev–Trinajstić information content (AvgIpc) is 2.38. The Balaban J connectivity index is 2.53. The first kappa shape index (κ1) is 9.40. The van der Waals surface area contributed by atoms with E-state index < -0.39 is 12.0 Å². The van der Waals surface area contributed by atoms with Gasteiger partial charge in [0.1, 0.15) is 5.75 Å². The van der Waals surface area contributed by atoms with Gasteiger partial charge in [-0.3, -0.25) is 0 Å². The van der Waals surface area contributed by atoms with Crippen LogP contribution in [0, 0.1) is 0 Å². The highest BCUT2D eigenvalue weighted by atomic mass is 19.3. The Bertz CT molecular complexity index is 365. The summed E-state index contributed by atoms with van der Waals surface area (Å²) >= 11 is 0. The zero-order valence-corrected chi connectivity index (χ0v) is 7.76. The van der Waals surface area contributed by atoms with E-state index in [1.54, 1.807) is 18.2 Å². The predicted molar refractivity (Wildman–Crippen MR) is 48.6 cm³/mol. The molecule has 2 rings (SSSR count). The van der Waals surface area contributed by atoms with Gasteiger partial charge in [-0.1, -0.05) is 12.1 Å². The van der Waals surface area contributed by atoms with Crippen LogP contribution in [-0.2, 0) is 6.42 Å². The number of ether oxygens (including phenoxy) is 1. The van der Waals surface area contributed by atoms with Crippen LogP contribution in [0.15, 0.2) is 18.2 Å². The Kier molecular flexibility index (Phi) is 1.96. The van der Waals surface area contributed by atoms with Crippen molar-refractivity contribution in [1.82, 2.24) is 0 Å². The monoisotopic (exact) mass is 199 g/mol. The minimum Gasteiger partial charge on any atom is -0.496 e. The molecule has 4 heteroatoms. The number of alkyl halides is 2. The molecule has 76 valence electrons. The lowest BCUT2D eigenvalue weighted by Crippen LogP contribution is -2.28. The third kappa shape index (κ3) is 1.18. The Hall–Kier alpha value is -1.16. The smallest absolute Gasteiger partial charge is 0.271 e. The first-order valence-corrected chi connectivity index (χ1v) is 4.35. The molecule has 0 unspecified atom stereocenters. The topological polar surface area (TPSA) is 35.2 Å². The molecule has 1 aliphatic carbocycles. The van der Waals surface area contributed by atoms with E-state index >= 15 is 0 Å². The SMILES string of the molecule is COc1cccc2c1CC(F)(F)[C@H]2N. The molecule has 2 N–H and O–H groups in total. The molecule has 0 radical (unpaired) electrons. The van der Waals surface area contributed by atoms with Crippen molar-refractivity contribution < 1.29 is 13.5 Å². The van der Waals surface area contributed by atoms with Gasteiger partial charge in [0.2, 0.25) is 0 Å². The van der Waals surface area contributed by atoms with Gasteiger partial charge in [-0.25, -0.2) is 8.78 Å². The third-order valence-corrected chi connectivity index (χ3v) is 2.59. The predicted octanol–water partition coefficient (Wildman–Crippen LogP) is 1.89. The fourth-order valence-corrected chi connectivity index (χ4v) is 1.83. The maximum absolute atomic E-state index is 13.3. The van der Waals surface area contributed by atoms with Gasteiger partial charge in [0, 0.05) is 12.0 Å². The summed E-state index contributed by atoms with van der Waals surface area (Å²) in [5.41, 5.74) is 6.47. The lowest BCUT2D eigenvalue weighted by Gasteiger charge is -2.13. The molecule has 0 aromatic heterocycles. The molecule has 0 heterocycles. The summed E-state index contributed by atoms with van der Waals surface area (Å²) in [6.07, 6.45) is -0.326. The number of rotatable bonds is 1. The molecule has 0 aliphatic heterocycles. The molecule has 1 aromatic carbocycles. The van der Waals surface area contributed by atoms with Crippen LogP contribution in [0.4, 0.5) is 8.78 Å². The number of hydrogen-bond acceptors (Lipinski definition) is 2. The number of methoxy groups -OCH3 is 1. The fourth-order valence-electron chi connectivity index (χ4n) is 1.83. The third-order valence-electron chi connectivity index (χ3n) is 2.59. The molecule has 0 amide bonds. The lowest BCUT2D eigenvalue weighted by atomic mass is 10.1. The first-order chi connectivity index (χ1) is 6.56. The van der Waals surface area contributed by atoms with E-state index in [-0.39, 0.29) is 6.42 Å². The van der Waals surface area contributed by atoms with Gasteiger partial charge in [0.25, 0.3) is 5.92 Å². The van der Waals surface area contributed by atoms with E-state index in [0.717, 1.165) is 0 Å². The largest absolute Gasteiger partial charge is 0.496 e. The van der Waals surface area contributed by atoms with Gasteiger partial charge in [0.15, 0.2) is 0 Å². The van der Waals surface area contributed by atoms with Gasteiger partial charge >= 0.3 is 0 Å². The molecule has 0 fully saturated rings. The maximum Gasteiger partial charge on any atom is 0.271 e. The molecular formula is C10H11F2NO. The van der Waals surface area contributed by atoms with Crippen LogP contribution in [0.2, 0.25) is 0 Å². The van der Waals surface area contributed by atoms with Crippen molar-refractivity contribution in [3.63, 3.8) is 0 Å². The number of benzene rings is 1. The number of hydrogen-bond donors (Lipinski definition) is 1. The van der Waals surface area contributed by atoms with Crippen molar-refractivity contribution in [1.29, 1.82) is 0 Å². The van der Waals surface area contributed by atoms with Crippen LogP contribution < -0.4 is 10.5 Å². The van der Waals surface area contributed by atoms with Crippen molar-refractivity contribution in [3.8, 4) is 5.75 Å². The summed E-state index contributed by atoms with van der Waals surface area (Å²) in [7, 11) is 1.47. The molecule has 2 nitrogen and oxygen atoms in total. The molecule has 1 atom stereocenters. The second-order valence-corrected chi connectivity index (χ2v) is 3.44. The molecule has 14 heavy (non-hydrogen) atoms. The highest BCUT2D eigenvalue weighted by Crippen LogP contribution is 2.44. The first-order valence-electron chi connectivity index (χ1n) is 4.35. The average molecular weight is 199 g/mol. The summed E-state index contributed by atoms with van der Waals surface area (Å²) in [6.45, 7) is 0. The van der Waals surface area contributed by atoms with Crippen LogP contribution in [-0.4, -0.2) is 13.0 Å². The van der Waals surface area contributed by atoms with E-state index in [2.05, 4.69) is 0 Å². The van der Waals surface area contributed by atoms with Crippen LogP contribution in [0.5, 0.6) is 5.75 Å². The molecule has 0 bridgehead atoms. The molecule has 1 aromatic rings.